The van der Waals surface area contributed by atoms with Gasteiger partial charge in [-0.05, 0) is 50.1 Å². The number of H-pyrrole nitrogens is 1. The van der Waals surface area contributed by atoms with Gasteiger partial charge in [0.1, 0.15) is 0 Å². The average molecular weight is 596 g/mol. The van der Waals surface area contributed by atoms with E-state index < -0.39 is 11.2 Å². The molecule has 12 heteroatoms. The lowest BCUT2D eigenvalue weighted by molar-refractivity contribution is -0.137. The van der Waals surface area contributed by atoms with Crippen LogP contribution in [0, 0.1) is 0 Å². The van der Waals surface area contributed by atoms with E-state index in [0.717, 1.165) is 4.68 Å². The van der Waals surface area contributed by atoms with Crippen LogP contribution in [0.1, 0.15) is 5.56 Å². The summed E-state index contributed by atoms with van der Waals surface area (Å²) in [5.74, 6) is 0.508. The number of benzene rings is 2. The van der Waals surface area contributed by atoms with Crippen LogP contribution in [0.3, 0.4) is 0 Å². The molecular weight excluding hydrogens is 576 g/mol. The third-order valence-corrected chi connectivity index (χ3v) is 7.32. The topological polar surface area (TPSA) is 115 Å². The maximum Gasteiger partial charge on any atom is 0.349 e. The van der Waals surface area contributed by atoms with Crippen LogP contribution in [0.4, 0.5) is 0 Å². The van der Waals surface area contributed by atoms with Crippen molar-refractivity contribution in [3.05, 3.63) is 65.7 Å². The van der Waals surface area contributed by atoms with E-state index in [1.54, 1.807) is 35.2 Å². The van der Waals surface area contributed by atoms with Crippen LogP contribution in [0.5, 0.6) is 11.5 Å². The van der Waals surface area contributed by atoms with Gasteiger partial charge in [0.25, 0.3) is 11.5 Å². The molecule has 1 amide bonds. The Balaban J connectivity index is 1.62. The van der Waals surface area contributed by atoms with E-state index >= 15 is 0 Å². The zero-order valence-electron chi connectivity index (χ0n) is 18.0. The number of aromatic nitrogens is 2. The number of carbonyl (C=O) groups excluding carboxylic acids is 1. The van der Waals surface area contributed by atoms with Gasteiger partial charge in [-0.2, -0.15) is 5.10 Å². The summed E-state index contributed by atoms with van der Waals surface area (Å²) in [6.07, 6.45) is 1.35. The van der Waals surface area contributed by atoms with Crippen molar-refractivity contribution < 1.29 is 19.0 Å². The highest BCUT2D eigenvalue weighted by Gasteiger charge is 2.21. The van der Waals surface area contributed by atoms with E-state index in [1.807, 2.05) is 0 Å². The fourth-order valence-electron chi connectivity index (χ4n) is 3.40. The molecule has 178 valence electrons. The van der Waals surface area contributed by atoms with Gasteiger partial charge in [-0.1, -0.05) is 12.1 Å². The number of ether oxygens (including phenoxy) is 3. The SMILES string of the molecule is COc1cc(C=Nn2c(=O)[nH]c3ccccc3c2=O)c(Br)c(Br)c1OCC(=O)N1CCOCC1. The molecule has 1 aliphatic heterocycles. The van der Waals surface area contributed by atoms with Crippen molar-refractivity contribution in [1.29, 1.82) is 0 Å². The van der Waals surface area contributed by atoms with E-state index in [2.05, 4.69) is 41.9 Å². The van der Waals surface area contributed by atoms with E-state index in [4.69, 9.17) is 14.2 Å². The Kier molecular flexibility index (Phi) is 7.49. The molecule has 0 unspecified atom stereocenters. The molecular formula is C22H20Br2N4O6. The molecule has 4 rings (SSSR count). The molecule has 0 aliphatic carbocycles. The summed E-state index contributed by atoms with van der Waals surface area (Å²) in [6, 6.07) is 8.31. The van der Waals surface area contributed by atoms with E-state index in [1.165, 1.54) is 13.3 Å². The van der Waals surface area contributed by atoms with Gasteiger partial charge in [-0.3, -0.25) is 9.59 Å². The van der Waals surface area contributed by atoms with Gasteiger partial charge in [0.2, 0.25) is 0 Å². The molecule has 2 aromatic carbocycles. The number of fused-ring (bicyclic) bond motifs is 1. The van der Waals surface area contributed by atoms with Crippen molar-refractivity contribution in [2.75, 3.05) is 40.0 Å². The molecule has 0 radical (unpaired) electrons. The normalized spacial score (nSPS) is 14.0. The minimum atomic E-state index is -0.663. The number of nitrogens with one attached hydrogen (secondary N) is 1. The second kappa shape index (κ2) is 10.5. The molecule has 1 N–H and O–H groups in total. The fraction of sp³-hybridized carbons (Fsp3) is 0.273. The van der Waals surface area contributed by atoms with E-state index in [-0.39, 0.29) is 12.5 Å². The summed E-state index contributed by atoms with van der Waals surface area (Å²) < 4.78 is 18.2. The number of methoxy groups -OCH3 is 1. The Morgan fingerprint density at radius 3 is 2.68 bits per heavy atom. The second-order valence-corrected chi connectivity index (χ2v) is 8.83. The summed E-state index contributed by atoms with van der Waals surface area (Å²) in [5.41, 5.74) is -0.263. The van der Waals surface area contributed by atoms with Gasteiger partial charge < -0.3 is 24.1 Å². The molecule has 1 saturated heterocycles. The predicted molar refractivity (Wildman–Crippen MR) is 133 cm³/mol. The summed E-state index contributed by atoms with van der Waals surface area (Å²) in [5, 5.41) is 4.42. The Bertz CT molecular complexity index is 1380. The van der Waals surface area contributed by atoms with Crippen molar-refractivity contribution in [3.63, 3.8) is 0 Å². The minimum Gasteiger partial charge on any atom is -0.493 e. The number of rotatable bonds is 6. The Labute approximate surface area is 210 Å². The quantitative estimate of drug-likeness (QED) is 0.438. The molecule has 1 aromatic heterocycles. The molecule has 1 fully saturated rings. The maximum absolute atomic E-state index is 12.7. The fourth-order valence-corrected chi connectivity index (χ4v) is 4.34. The van der Waals surface area contributed by atoms with Crippen molar-refractivity contribution in [1.82, 2.24) is 14.6 Å². The largest absolute Gasteiger partial charge is 0.493 e. The van der Waals surface area contributed by atoms with Crippen LogP contribution in [0.25, 0.3) is 10.9 Å². The minimum absolute atomic E-state index is 0.158. The molecule has 0 saturated carbocycles. The van der Waals surface area contributed by atoms with Crippen molar-refractivity contribution >= 4 is 54.9 Å². The van der Waals surface area contributed by atoms with Crippen molar-refractivity contribution in [2.45, 2.75) is 0 Å². The van der Waals surface area contributed by atoms with Crippen molar-refractivity contribution in [3.8, 4) is 11.5 Å². The summed E-state index contributed by atoms with van der Waals surface area (Å²) in [7, 11) is 1.46. The van der Waals surface area contributed by atoms with Crippen molar-refractivity contribution in [2.24, 2.45) is 5.10 Å². The number of hydrogen-bond acceptors (Lipinski definition) is 7. The number of para-hydroxylation sites is 1. The monoisotopic (exact) mass is 594 g/mol. The lowest BCUT2D eigenvalue weighted by atomic mass is 10.2. The zero-order chi connectivity index (χ0) is 24.2. The lowest BCUT2D eigenvalue weighted by Gasteiger charge is -2.27. The zero-order valence-corrected chi connectivity index (χ0v) is 21.2. The number of amides is 1. The Hall–Kier alpha value is -2.96. The molecule has 2 heterocycles. The Morgan fingerprint density at radius 1 is 1.21 bits per heavy atom. The van der Waals surface area contributed by atoms with Gasteiger partial charge in [0, 0.05) is 23.1 Å². The van der Waals surface area contributed by atoms with Crippen LogP contribution in [0.15, 0.2) is 54.0 Å². The third kappa shape index (κ3) is 4.93. The highest BCUT2D eigenvalue weighted by Crippen LogP contribution is 2.42. The van der Waals surface area contributed by atoms with Crippen LogP contribution in [-0.2, 0) is 9.53 Å². The van der Waals surface area contributed by atoms with E-state index in [0.29, 0.717) is 63.2 Å². The van der Waals surface area contributed by atoms with Gasteiger partial charge in [-0.15, -0.1) is 4.68 Å². The molecule has 34 heavy (non-hydrogen) atoms. The smallest absolute Gasteiger partial charge is 0.349 e. The number of aromatic amines is 1. The summed E-state index contributed by atoms with van der Waals surface area (Å²) >= 11 is 6.93. The highest BCUT2D eigenvalue weighted by molar-refractivity contribution is 9.13. The highest BCUT2D eigenvalue weighted by atomic mass is 79.9. The molecule has 0 atom stereocenters. The number of nitrogens with zero attached hydrogens (tertiary/aromatic N) is 3. The molecule has 0 spiro atoms. The first-order valence-electron chi connectivity index (χ1n) is 10.2. The van der Waals surface area contributed by atoms with E-state index in [9.17, 15) is 14.4 Å². The molecule has 0 bridgehead atoms. The predicted octanol–water partition coefficient (Wildman–Crippen LogP) is 2.34. The van der Waals surface area contributed by atoms with Gasteiger partial charge in [-0.25, -0.2) is 4.79 Å². The molecule has 3 aromatic rings. The number of hydrogen-bond donors (Lipinski definition) is 1. The lowest BCUT2D eigenvalue weighted by Crippen LogP contribution is -2.43. The average Bonchev–Trinajstić information content (AvgIpc) is 2.85. The first-order chi connectivity index (χ1) is 16.4. The summed E-state index contributed by atoms with van der Waals surface area (Å²) in [4.78, 5) is 41.8. The van der Waals surface area contributed by atoms with Crippen LogP contribution < -0.4 is 20.7 Å². The third-order valence-electron chi connectivity index (χ3n) is 5.18. The molecule has 10 nitrogen and oxygen atoms in total. The number of carbonyl (C=O) groups is 1. The van der Waals surface area contributed by atoms with Gasteiger partial charge in [0.15, 0.2) is 18.1 Å². The molecule has 1 aliphatic rings. The first kappa shape index (κ1) is 24.2. The summed E-state index contributed by atoms with van der Waals surface area (Å²) in [6.45, 7) is 1.87. The van der Waals surface area contributed by atoms with Gasteiger partial charge >= 0.3 is 5.69 Å². The van der Waals surface area contributed by atoms with Gasteiger partial charge in [0.05, 0.1) is 41.9 Å². The van der Waals surface area contributed by atoms with Crippen LogP contribution in [0.2, 0.25) is 0 Å². The second-order valence-electron chi connectivity index (χ2n) is 7.24. The van der Waals surface area contributed by atoms with Crippen LogP contribution >= 0.6 is 31.9 Å². The first-order valence-corrected chi connectivity index (χ1v) is 11.8. The standard InChI is InChI=1S/C22H20Br2N4O6/c1-32-16-10-13(11-25-28-21(30)14-4-2-3-5-15(14)26-22(28)31)18(23)19(24)20(16)34-12-17(29)27-6-8-33-9-7-27/h2-5,10-11H,6-9,12H2,1H3,(H,26,31). The Morgan fingerprint density at radius 2 is 1.94 bits per heavy atom. The van der Waals surface area contributed by atoms with Crippen LogP contribution in [-0.4, -0.2) is 66.7 Å². The maximum atomic E-state index is 12.7. The number of halogens is 2. The number of morpholine rings is 1.